The van der Waals surface area contributed by atoms with Crippen LogP contribution in [0.3, 0.4) is 0 Å². The molecule has 0 radical (unpaired) electrons. The highest BCUT2D eigenvalue weighted by Crippen LogP contribution is 2.03. The summed E-state index contributed by atoms with van der Waals surface area (Å²) in [5, 5.41) is 0. The fourth-order valence-electron chi connectivity index (χ4n) is 1.21. The molecule has 2 aromatic rings. The van der Waals surface area contributed by atoms with Gasteiger partial charge >= 0.3 is 0 Å². The summed E-state index contributed by atoms with van der Waals surface area (Å²) in [5.74, 6) is 11.5. The van der Waals surface area contributed by atoms with Gasteiger partial charge in [-0.05, 0) is 48.2 Å². The molecule has 0 aliphatic carbocycles. The molecule has 17 heavy (non-hydrogen) atoms. The Labute approximate surface area is 101 Å². The van der Waals surface area contributed by atoms with Crippen molar-refractivity contribution >= 4 is 5.69 Å². The summed E-state index contributed by atoms with van der Waals surface area (Å²) in [7, 11) is 0. The molecule has 0 saturated heterocycles. The van der Waals surface area contributed by atoms with Gasteiger partial charge in [0.15, 0.2) is 0 Å². The standard InChI is InChI=1S/C15H10N2/c16-15-7-5-13(6-8-15)3-1-2-4-14-9-11-17-12-10-14/h5-12H,16H2. The van der Waals surface area contributed by atoms with E-state index in [1.54, 1.807) is 12.4 Å². The van der Waals surface area contributed by atoms with Crippen molar-refractivity contribution in [2.24, 2.45) is 0 Å². The molecule has 2 nitrogen and oxygen atoms in total. The van der Waals surface area contributed by atoms with Crippen molar-refractivity contribution in [1.82, 2.24) is 4.98 Å². The fourth-order valence-corrected chi connectivity index (χ4v) is 1.21. The molecule has 80 valence electrons. The number of benzene rings is 1. The zero-order valence-electron chi connectivity index (χ0n) is 9.14. The highest BCUT2D eigenvalue weighted by atomic mass is 14.6. The topological polar surface area (TPSA) is 38.9 Å². The molecule has 2 heteroatoms. The molecule has 0 saturated carbocycles. The molecule has 1 heterocycles. The number of pyridine rings is 1. The molecule has 1 aromatic carbocycles. The third-order valence-electron chi connectivity index (χ3n) is 2.07. The highest BCUT2D eigenvalue weighted by Gasteiger charge is 1.85. The lowest BCUT2D eigenvalue weighted by molar-refractivity contribution is 1.32. The number of hydrogen-bond acceptors (Lipinski definition) is 2. The second kappa shape index (κ2) is 5.39. The first-order valence-corrected chi connectivity index (χ1v) is 5.12. The van der Waals surface area contributed by atoms with Gasteiger partial charge in [-0.25, -0.2) is 0 Å². The van der Waals surface area contributed by atoms with E-state index in [0.29, 0.717) is 0 Å². The Hall–Kier alpha value is -2.71. The van der Waals surface area contributed by atoms with E-state index >= 15 is 0 Å². The molecular formula is C15H10N2. The Morgan fingerprint density at radius 3 is 1.88 bits per heavy atom. The van der Waals surface area contributed by atoms with E-state index in [-0.39, 0.29) is 0 Å². The quantitative estimate of drug-likeness (QED) is 0.543. The maximum absolute atomic E-state index is 5.58. The van der Waals surface area contributed by atoms with E-state index < -0.39 is 0 Å². The number of anilines is 1. The minimum Gasteiger partial charge on any atom is -0.399 e. The summed E-state index contributed by atoms with van der Waals surface area (Å²) in [6.07, 6.45) is 3.41. The first kappa shape index (κ1) is 10.8. The lowest BCUT2D eigenvalue weighted by Gasteiger charge is -1.90. The van der Waals surface area contributed by atoms with Crippen LogP contribution in [0.4, 0.5) is 5.69 Å². The summed E-state index contributed by atoms with van der Waals surface area (Å²) < 4.78 is 0. The van der Waals surface area contributed by atoms with Gasteiger partial charge in [0.25, 0.3) is 0 Å². The van der Waals surface area contributed by atoms with Gasteiger partial charge < -0.3 is 5.73 Å². The largest absolute Gasteiger partial charge is 0.399 e. The summed E-state index contributed by atoms with van der Waals surface area (Å²) in [5.41, 5.74) is 8.12. The zero-order chi connectivity index (χ0) is 11.9. The molecule has 2 rings (SSSR count). The van der Waals surface area contributed by atoms with Crippen LogP contribution in [0.1, 0.15) is 11.1 Å². The van der Waals surface area contributed by atoms with Crippen molar-refractivity contribution in [3.63, 3.8) is 0 Å². The van der Waals surface area contributed by atoms with Gasteiger partial charge in [-0.2, -0.15) is 0 Å². The number of rotatable bonds is 0. The van der Waals surface area contributed by atoms with Gasteiger partial charge in [0.1, 0.15) is 0 Å². The molecule has 0 atom stereocenters. The Balaban J connectivity index is 2.09. The smallest absolute Gasteiger partial charge is 0.0314 e. The monoisotopic (exact) mass is 218 g/mol. The average molecular weight is 218 g/mol. The second-order valence-electron chi connectivity index (χ2n) is 3.36. The molecule has 0 spiro atoms. The van der Waals surface area contributed by atoms with E-state index in [4.69, 9.17) is 5.73 Å². The minimum atomic E-state index is 0.735. The summed E-state index contributed by atoms with van der Waals surface area (Å²) in [6, 6.07) is 11.1. The van der Waals surface area contributed by atoms with Crippen LogP contribution in [0.2, 0.25) is 0 Å². The van der Waals surface area contributed by atoms with Crippen molar-refractivity contribution in [3.05, 3.63) is 59.9 Å². The van der Waals surface area contributed by atoms with E-state index in [1.165, 1.54) is 0 Å². The zero-order valence-corrected chi connectivity index (χ0v) is 9.14. The van der Waals surface area contributed by atoms with Gasteiger partial charge in [0, 0.05) is 29.2 Å². The minimum absolute atomic E-state index is 0.735. The number of hydrogen-bond donors (Lipinski definition) is 1. The van der Waals surface area contributed by atoms with Gasteiger partial charge in [0.2, 0.25) is 0 Å². The van der Waals surface area contributed by atoms with E-state index in [0.717, 1.165) is 16.8 Å². The molecule has 0 aliphatic rings. The molecular weight excluding hydrogens is 208 g/mol. The molecule has 1 aromatic heterocycles. The first-order chi connectivity index (χ1) is 8.34. The first-order valence-electron chi connectivity index (χ1n) is 5.12. The number of nitrogens with two attached hydrogens (primary N) is 1. The van der Waals surface area contributed by atoms with Crippen LogP contribution >= 0.6 is 0 Å². The van der Waals surface area contributed by atoms with Crippen molar-refractivity contribution in [2.45, 2.75) is 0 Å². The van der Waals surface area contributed by atoms with E-state index in [2.05, 4.69) is 28.7 Å². The molecule has 0 bridgehead atoms. The summed E-state index contributed by atoms with van der Waals surface area (Å²) in [4.78, 5) is 3.91. The predicted molar refractivity (Wildman–Crippen MR) is 68.8 cm³/mol. The third kappa shape index (κ3) is 3.41. The van der Waals surface area contributed by atoms with Gasteiger partial charge in [0.05, 0.1) is 0 Å². The summed E-state index contributed by atoms with van der Waals surface area (Å²) in [6.45, 7) is 0. The predicted octanol–water partition coefficient (Wildman–Crippen LogP) is 2.07. The normalized spacial score (nSPS) is 8.47. The van der Waals surface area contributed by atoms with Crippen LogP contribution in [0.5, 0.6) is 0 Å². The number of aromatic nitrogens is 1. The van der Waals surface area contributed by atoms with Crippen LogP contribution in [0, 0.1) is 23.7 Å². The second-order valence-corrected chi connectivity index (χ2v) is 3.36. The lowest BCUT2D eigenvalue weighted by Crippen LogP contribution is -1.82. The van der Waals surface area contributed by atoms with Gasteiger partial charge in [-0.1, -0.05) is 11.8 Å². The van der Waals surface area contributed by atoms with Crippen molar-refractivity contribution in [3.8, 4) is 23.7 Å². The van der Waals surface area contributed by atoms with Crippen LogP contribution < -0.4 is 5.73 Å². The number of nitrogen functional groups attached to an aromatic ring is 1. The van der Waals surface area contributed by atoms with Gasteiger partial charge in [-0.15, -0.1) is 0 Å². The Kier molecular flexibility index (Phi) is 3.43. The number of nitrogens with zero attached hydrogens (tertiary/aromatic N) is 1. The van der Waals surface area contributed by atoms with E-state index in [9.17, 15) is 0 Å². The Bertz CT molecular complexity index is 605. The fraction of sp³-hybridized carbons (Fsp3) is 0. The average Bonchev–Trinajstić information content (AvgIpc) is 2.38. The molecule has 0 fully saturated rings. The highest BCUT2D eigenvalue weighted by molar-refractivity contribution is 5.47. The third-order valence-corrected chi connectivity index (χ3v) is 2.07. The summed E-state index contributed by atoms with van der Waals surface area (Å²) >= 11 is 0. The molecule has 2 N–H and O–H groups in total. The lowest BCUT2D eigenvalue weighted by atomic mass is 10.2. The maximum Gasteiger partial charge on any atom is 0.0314 e. The molecule has 0 aliphatic heterocycles. The van der Waals surface area contributed by atoms with Crippen LogP contribution in [-0.2, 0) is 0 Å². The van der Waals surface area contributed by atoms with Gasteiger partial charge in [-0.3, -0.25) is 4.98 Å². The molecule has 0 unspecified atom stereocenters. The Morgan fingerprint density at radius 1 is 0.765 bits per heavy atom. The van der Waals surface area contributed by atoms with E-state index in [1.807, 2.05) is 36.4 Å². The van der Waals surface area contributed by atoms with Crippen molar-refractivity contribution < 1.29 is 0 Å². The van der Waals surface area contributed by atoms with Crippen LogP contribution in [0.15, 0.2) is 48.8 Å². The molecule has 0 amide bonds. The maximum atomic E-state index is 5.58. The van der Waals surface area contributed by atoms with Crippen molar-refractivity contribution in [2.75, 3.05) is 5.73 Å². The van der Waals surface area contributed by atoms with Crippen molar-refractivity contribution in [1.29, 1.82) is 0 Å². The Morgan fingerprint density at radius 2 is 1.29 bits per heavy atom. The van der Waals surface area contributed by atoms with Crippen LogP contribution in [-0.4, -0.2) is 4.98 Å². The SMILES string of the molecule is Nc1ccc(C#CC#Cc2ccncc2)cc1. The van der Waals surface area contributed by atoms with Crippen LogP contribution in [0.25, 0.3) is 0 Å².